The maximum absolute atomic E-state index is 12.7. The molecule has 0 aliphatic carbocycles. The first-order valence-electron chi connectivity index (χ1n) is 7.53. The number of benzene rings is 1. The number of carbonyl (C=O) groups excluding carboxylic acids is 1. The minimum atomic E-state index is -3.86. The molecule has 1 aromatic carbocycles. The van der Waals surface area contributed by atoms with E-state index in [1.165, 1.54) is 17.8 Å². The number of nitrogens with zero attached hydrogens (tertiary/aromatic N) is 1. The Kier molecular flexibility index (Phi) is 5.43. The molecule has 0 aliphatic rings. The fraction of sp³-hybridized carbons (Fsp3) is 0.176. The van der Waals surface area contributed by atoms with Crippen LogP contribution in [0.3, 0.4) is 0 Å². The number of hydrogen-bond acceptors (Lipinski definition) is 6. The summed E-state index contributed by atoms with van der Waals surface area (Å²) in [6, 6.07) is 10.6. The zero-order valence-electron chi connectivity index (χ0n) is 13.9. The third-order valence-electron chi connectivity index (χ3n) is 3.56. The fourth-order valence-corrected chi connectivity index (χ4v) is 5.84. The molecule has 136 valence electrons. The van der Waals surface area contributed by atoms with Gasteiger partial charge in [0.25, 0.3) is 10.0 Å². The Morgan fingerprint density at radius 1 is 1.27 bits per heavy atom. The van der Waals surface area contributed by atoms with Gasteiger partial charge in [-0.3, -0.25) is 9.78 Å². The number of thioether (sulfide) groups is 1. The van der Waals surface area contributed by atoms with Crippen molar-refractivity contribution in [2.45, 2.75) is 27.7 Å². The van der Waals surface area contributed by atoms with Gasteiger partial charge >= 0.3 is 0 Å². The number of aromatic nitrogens is 1. The van der Waals surface area contributed by atoms with Gasteiger partial charge in [0.1, 0.15) is 4.21 Å². The normalized spacial score (nSPS) is 12.3. The Hall–Kier alpha value is -1.42. The molecule has 26 heavy (non-hydrogen) atoms. The summed E-state index contributed by atoms with van der Waals surface area (Å²) >= 11 is 5.81. The molecule has 0 bridgehead atoms. The van der Waals surface area contributed by atoms with Crippen molar-refractivity contribution in [1.29, 1.82) is 0 Å². The maximum Gasteiger partial charge on any atom is 0.273 e. The maximum atomic E-state index is 12.7. The molecule has 5 nitrogen and oxygen atoms in total. The first kappa shape index (κ1) is 19.3. The van der Waals surface area contributed by atoms with E-state index in [1.807, 2.05) is 24.3 Å². The number of fused-ring (bicyclic) bond motifs is 1. The lowest BCUT2D eigenvalue weighted by Crippen LogP contribution is -2.42. The second-order valence-electron chi connectivity index (χ2n) is 5.95. The van der Waals surface area contributed by atoms with Crippen molar-refractivity contribution in [3.8, 4) is 0 Å². The molecule has 0 spiro atoms. The molecule has 2 aromatic heterocycles. The van der Waals surface area contributed by atoms with Crippen LogP contribution in [0.1, 0.15) is 13.8 Å². The van der Waals surface area contributed by atoms with Crippen molar-refractivity contribution in [2.75, 3.05) is 0 Å². The summed E-state index contributed by atoms with van der Waals surface area (Å²) in [5.41, 5.74) is 0.806. The van der Waals surface area contributed by atoms with Gasteiger partial charge in [0.05, 0.1) is 10.3 Å². The molecule has 0 radical (unpaired) electrons. The van der Waals surface area contributed by atoms with Crippen LogP contribution in [0.2, 0.25) is 0 Å². The summed E-state index contributed by atoms with van der Waals surface area (Å²) in [5, 5.41) is 2.55. The van der Waals surface area contributed by atoms with Crippen molar-refractivity contribution in [2.24, 2.45) is 0 Å². The van der Waals surface area contributed by atoms with E-state index in [0.29, 0.717) is 0 Å². The number of nitrogens with one attached hydrogen (secondary N) is 1. The number of sulfonamides is 1. The molecule has 3 rings (SSSR count). The van der Waals surface area contributed by atoms with Crippen LogP contribution in [-0.2, 0) is 14.8 Å². The Morgan fingerprint density at radius 3 is 2.73 bits per heavy atom. The highest BCUT2D eigenvalue weighted by Gasteiger charge is 2.33. The SMILES string of the molecule is CC(C)(Sc1ccnc2ccc(Br)cc12)C(=O)NS(=O)(=O)c1cccs1. The van der Waals surface area contributed by atoms with E-state index >= 15 is 0 Å². The number of thiophene rings is 1. The predicted octanol–water partition coefficient (Wildman–Crippen LogP) is 4.43. The second-order valence-corrected chi connectivity index (χ2v) is 11.4. The fourth-order valence-electron chi connectivity index (χ4n) is 2.22. The molecular weight excluding hydrogens is 456 g/mol. The Morgan fingerprint density at radius 2 is 2.04 bits per heavy atom. The largest absolute Gasteiger partial charge is 0.273 e. The zero-order chi connectivity index (χ0) is 18.9. The summed E-state index contributed by atoms with van der Waals surface area (Å²) in [7, 11) is -3.86. The Balaban J connectivity index is 1.87. The lowest BCUT2D eigenvalue weighted by molar-refractivity contribution is -0.120. The van der Waals surface area contributed by atoms with E-state index in [1.54, 1.807) is 31.5 Å². The van der Waals surface area contributed by atoms with E-state index < -0.39 is 20.7 Å². The molecule has 1 amide bonds. The van der Waals surface area contributed by atoms with Gasteiger partial charge in [0.2, 0.25) is 5.91 Å². The molecule has 9 heteroatoms. The van der Waals surface area contributed by atoms with Crippen molar-refractivity contribution in [3.05, 3.63) is 52.4 Å². The van der Waals surface area contributed by atoms with Crippen LogP contribution in [0.4, 0.5) is 0 Å². The number of halogens is 1. The van der Waals surface area contributed by atoms with Crippen molar-refractivity contribution >= 4 is 65.9 Å². The van der Waals surface area contributed by atoms with Gasteiger partial charge in [-0.1, -0.05) is 22.0 Å². The van der Waals surface area contributed by atoms with E-state index in [-0.39, 0.29) is 4.21 Å². The predicted molar refractivity (Wildman–Crippen MR) is 109 cm³/mol. The summed E-state index contributed by atoms with van der Waals surface area (Å²) in [5.74, 6) is -0.573. The number of pyridine rings is 1. The summed E-state index contributed by atoms with van der Waals surface area (Å²) in [6.45, 7) is 3.39. The number of carbonyl (C=O) groups is 1. The van der Waals surface area contributed by atoms with Crippen LogP contribution in [0.15, 0.2) is 61.6 Å². The minimum absolute atomic E-state index is 0.116. The summed E-state index contributed by atoms with van der Waals surface area (Å²) in [6.07, 6.45) is 1.68. The highest BCUT2D eigenvalue weighted by atomic mass is 79.9. The topological polar surface area (TPSA) is 76.1 Å². The van der Waals surface area contributed by atoms with Gasteiger partial charge < -0.3 is 0 Å². The first-order chi connectivity index (χ1) is 12.2. The molecule has 3 aromatic rings. The average molecular weight is 471 g/mol. The number of amides is 1. The monoisotopic (exact) mass is 470 g/mol. The Bertz CT molecular complexity index is 1060. The quantitative estimate of drug-likeness (QED) is 0.557. The van der Waals surface area contributed by atoms with Crippen molar-refractivity contribution in [1.82, 2.24) is 9.71 Å². The van der Waals surface area contributed by atoms with Gasteiger partial charge in [0, 0.05) is 21.0 Å². The van der Waals surface area contributed by atoms with Crippen LogP contribution in [0.25, 0.3) is 10.9 Å². The molecule has 2 heterocycles. The summed E-state index contributed by atoms with van der Waals surface area (Å²) < 4.78 is 26.8. The van der Waals surface area contributed by atoms with E-state index in [4.69, 9.17) is 0 Å². The molecule has 0 saturated carbocycles. The zero-order valence-corrected chi connectivity index (χ0v) is 17.9. The summed E-state index contributed by atoms with van der Waals surface area (Å²) in [4.78, 5) is 17.8. The molecule has 0 saturated heterocycles. The number of rotatable bonds is 5. The van der Waals surface area contributed by atoms with E-state index in [0.717, 1.165) is 31.6 Å². The van der Waals surface area contributed by atoms with Crippen LogP contribution >= 0.6 is 39.0 Å². The van der Waals surface area contributed by atoms with E-state index in [2.05, 4.69) is 25.6 Å². The van der Waals surface area contributed by atoms with Crippen LogP contribution in [-0.4, -0.2) is 24.1 Å². The standard InChI is InChI=1S/C17H15BrN2O3S3/c1-17(2,16(21)20-26(22,23)15-4-3-9-24-15)25-14-7-8-19-13-6-5-11(18)10-12(13)14/h3-10H,1-2H3,(H,20,21). The third kappa shape index (κ3) is 4.11. The number of hydrogen-bond donors (Lipinski definition) is 1. The van der Waals surface area contributed by atoms with E-state index in [9.17, 15) is 13.2 Å². The van der Waals surface area contributed by atoms with Gasteiger partial charge in [-0.25, -0.2) is 13.1 Å². The van der Waals surface area contributed by atoms with Gasteiger partial charge in [-0.15, -0.1) is 23.1 Å². The van der Waals surface area contributed by atoms with Gasteiger partial charge in [0.15, 0.2) is 0 Å². The molecule has 0 aliphatic heterocycles. The van der Waals surface area contributed by atoms with Crippen molar-refractivity contribution < 1.29 is 13.2 Å². The average Bonchev–Trinajstić information content (AvgIpc) is 3.10. The van der Waals surface area contributed by atoms with Crippen LogP contribution < -0.4 is 4.72 Å². The second kappa shape index (κ2) is 7.30. The molecule has 0 fully saturated rings. The molecule has 0 atom stereocenters. The van der Waals surface area contributed by atoms with Gasteiger partial charge in [-0.05, 0) is 49.6 Å². The lowest BCUT2D eigenvalue weighted by atomic mass is 10.2. The molecule has 0 unspecified atom stereocenters. The first-order valence-corrected chi connectivity index (χ1v) is 11.5. The van der Waals surface area contributed by atoms with Gasteiger partial charge in [-0.2, -0.15) is 0 Å². The van der Waals surface area contributed by atoms with Crippen LogP contribution in [0.5, 0.6) is 0 Å². The lowest BCUT2D eigenvalue weighted by Gasteiger charge is -2.23. The molecule has 1 N–H and O–H groups in total. The minimum Gasteiger partial charge on any atom is -0.272 e. The highest BCUT2D eigenvalue weighted by molar-refractivity contribution is 9.10. The third-order valence-corrected chi connectivity index (χ3v) is 8.06. The molecular formula is C17H15BrN2O3S3. The highest BCUT2D eigenvalue weighted by Crippen LogP contribution is 2.37. The van der Waals surface area contributed by atoms with Crippen molar-refractivity contribution in [3.63, 3.8) is 0 Å². The Labute approximate surface area is 168 Å². The van der Waals surface area contributed by atoms with Crippen LogP contribution in [0, 0.1) is 0 Å². The smallest absolute Gasteiger partial charge is 0.272 e.